The molecule has 0 saturated heterocycles. The van der Waals surface area contributed by atoms with Crippen LogP contribution in [0, 0.1) is 0 Å². The normalized spacial score (nSPS) is 11.4. The summed E-state index contributed by atoms with van der Waals surface area (Å²) in [7, 11) is 1.63. The molecule has 0 aliphatic rings. The molecule has 2 rings (SSSR count). The van der Waals surface area contributed by atoms with Crippen molar-refractivity contribution in [1.29, 1.82) is 0 Å². The predicted molar refractivity (Wildman–Crippen MR) is 109 cm³/mol. The Hall–Kier alpha value is -2.87. The lowest BCUT2D eigenvalue weighted by Gasteiger charge is -2.14. The Morgan fingerprint density at radius 1 is 1.03 bits per heavy atom. The molecule has 0 atom stereocenters. The van der Waals surface area contributed by atoms with Gasteiger partial charge in [-0.25, -0.2) is 4.99 Å². The average Bonchev–Trinajstić information content (AvgIpc) is 2.72. The summed E-state index contributed by atoms with van der Waals surface area (Å²) >= 11 is 0. The molecule has 0 aromatic heterocycles. The molecule has 2 aromatic rings. The first kappa shape index (κ1) is 22.4. The highest BCUT2D eigenvalue weighted by atomic mass is 19.3. The van der Waals surface area contributed by atoms with Gasteiger partial charge in [0.25, 0.3) is 0 Å². The van der Waals surface area contributed by atoms with E-state index in [4.69, 9.17) is 9.47 Å². The van der Waals surface area contributed by atoms with Crippen molar-refractivity contribution in [3.8, 4) is 11.5 Å². The summed E-state index contributed by atoms with van der Waals surface area (Å²) in [5, 5.41) is 6.28. The SMILES string of the molecule is CCNC(=NCc1ccc(OCCOC)cc1)NCc1ccccc1OC(F)F. The number of ether oxygens (including phenoxy) is 3. The second-order valence-electron chi connectivity index (χ2n) is 6.02. The molecule has 29 heavy (non-hydrogen) atoms. The highest BCUT2D eigenvalue weighted by molar-refractivity contribution is 5.79. The van der Waals surface area contributed by atoms with Crippen molar-refractivity contribution in [2.45, 2.75) is 26.6 Å². The van der Waals surface area contributed by atoms with Gasteiger partial charge in [0.05, 0.1) is 13.2 Å². The van der Waals surface area contributed by atoms with Crippen molar-refractivity contribution in [3.63, 3.8) is 0 Å². The van der Waals surface area contributed by atoms with Crippen molar-refractivity contribution in [2.24, 2.45) is 4.99 Å². The van der Waals surface area contributed by atoms with Crippen LogP contribution >= 0.6 is 0 Å². The maximum Gasteiger partial charge on any atom is 0.387 e. The molecule has 0 amide bonds. The highest BCUT2D eigenvalue weighted by Crippen LogP contribution is 2.20. The number of alkyl halides is 2. The Kier molecular flexibility index (Phi) is 9.71. The number of nitrogens with one attached hydrogen (secondary N) is 2. The zero-order valence-corrected chi connectivity index (χ0v) is 16.7. The van der Waals surface area contributed by atoms with Gasteiger partial charge in [0.15, 0.2) is 5.96 Å². The van der Waals surface area contributed by atoms with Crippen molar-refractivity contribution < 1.29 is 23.0 Å². The van der Waals surface area contributed by atoms with Gasteiger partial charge in [-0.2, -0.15) is 8.78 Å². The standard InChI is InChI=1S/C21H27F2N3O3/c1-3-24-21(26-15-17-6-4-5-7-19(17)29-20(22)23)25-14-16-8-10-18(11-9-16)28-13-12-27-2/h4-11,20H,3,12-15H2,1-2H3,(H2,24,25,26). The summed E-state index contributed by atoms with van der Waals surface area (Å²) in [5.41, 5.74) is 1.64. The van der Waals surface area contributed by atoms with E-state index in [1.807, 2.05) is 31.2 Å². The van der Waals surface area contributed by atoms with E-state index in [0.717, 1.165) is 11.3 Å². The van der Waals surface area contributed by atoms with Crippen LogP contribution in [0.15, 0.2) is 53.5 Å². The van der Waals surface area contributed by atoms with Crippen molar-refractivity contribution in [2.75, 3.05) is 26.9 Å². The Morgan fingerprint density at radius 3 is 2.48 bits per heavy atom. The van der Waals surface area contributed by atoms with E-state index in [0.29, 0.717) is 44.4 Å². The van der Waals surface area contributed by atoms with E-state index in [2.05, 4.69) is 20.4 Å². The number of nitrogens with zero attached hydrogens (tertiary/aromatic N) is 1. The Balaban J connectivity index is 1.94. The lowest BCUT2D eigenvalue weighted by Crippen LogP contribution is -2.36. The lowest BCUT2D eigenvalue weighted by atomic mass is 10.2. The number of hydrogen-bond acceptors (Lipinski definition) is 4. The van der Waals surface area contributed by atoms with Gasteiger partial charge >= 0.3 is 6.61 Å². The molecule has 2 aromatic carbocycles. The summed E-state index contributed by atoms with van der Waals surface area (Å²) < 4.78 is 40.2. The second kappa shape index (κ2) is 12.6. The van der Waals surface area contributed by atoms with Gasteiger partial charge in [0.1, 0.15) is 18.1 Å². The molecular formula is C21H27F2N3O3. The van der Waals surface area contributed by atoms with Gasteiger partial charge in [0, 0.05) is 25.8 Å². The number of hydrogen-bond donors (Lipinski definition) is 2. The summed E-state index contributed by atoms with van der Waals surface area (Å²) in [6, 6.07) is 14.3. The van der Waals surface area contributed by atoms with Crippen LogP contribution in [-0.2, 0) is 17.8 Å². The number of guanidine groups is 1. The smallest absolute Gasteiger partial charge is 0.387 e. The average molecular weight is 407 g/mol. The maximum atomic E-state index is 12.5. The molecule has 0 aliphatic heterocycles. The fourth-order valence-electron chi connectivity index (χ4n) is 2.49. The van der Waals surface area contributed by atoms with Gasteiger partial charge in [-0.3, -0.25) is 0 Å². The van der Waals surface area contributed by atoms with Crippen LogP contribution in [0.25, 0.3) is 0 Å². The molecule has 6 nitrogen and oxygen atoms in total. The molecule has 0 unspecified atom stereocenters. The Morgan fingerprint density at radius 2 is 1.79 bits per heavy atom. The third kappa shape index (κ3) is 8.35. The first-order chi connectivity index (χ1) is 14.1. The summed E-state index contributed by atoms with van der Waals surface area (Å²) in [6.07, 6.45) is 0. The highest BCUT2D eigenvalue weighted by Gasteiger charge is 2.09. The second-order valence-corrected chi connectivity index (χ2v) is 6.02. The largest absolute Gasteiger partial charge is 0.491 e. The Bertz CT molecular complexity index is 755. The van der Waals surface area contributed by atoms with Crippen LogP contribution in [0.5, 0.6) is 11.5 Å². The van der Waals surface area contributed by atoms with Crippen LogP contribution in [0.3, 0.4) is 0 Å². The third-order valence-corrected chi connectivity index (χ3v) is 3.88. The van der Waals surface area contributed by atoms with Gasteiger partial charge in [-0.1, -0.05) is 30.3 Å². The van der Waals surface area contributed by atoms with E-state index in [-0.39, 0.29) is 5.75 Å². The van der Waals surface area contributed by atoms with E-state index >= 15 is 0 Å². The minimum atomic E-state index is -2.86. The van der Waals surface area contributed by atoms with Crippen LogP contribution < -0.4 is 20.1 Å². The quantitative estimate of drug-likeness (QED) is 0.339. The lowest BCUT2D eigenvalue weighted by molar-refractivity contribution is -0.0504. The van der Waals surface area contributed by atoms with Crippen molar-refractivity contribution in [1.82, 2.24) is 10.6 Å². The molecular weight excluding hydrogens is 380 g/mol. The number of aliphatic imine (C=N–C) groups is 1. The van der Waals surface area contributed by atoms with E-state index in [9.17, 15) is 8.78 Å². The van der Waals surface area contributed by atoms with Crippen LogP contribution in [-0.4, -0.2) is 39.4 Å². The molecule has 0 aliphatic carbocycles. The fraction of sp³-hybridized carbons (Fsp3) is 0.381. The van der Waals surface area contributed by atoms with E-state index in [1.54, 1.807) is 25.3 Å². The minimum Gasteiger partial charge on any atom is -0.491 e. The molecule has 8 heteroatoms. The zero-order valence-electron chi connectivity index (χ0n) is 16.7. The molecule has 0 fully saturated rings. The summed E-state index contributed by atoms with van der Waals surface area (Å²) in [6.45, 7) is 1.57. The Labute approximate surface area is 169 Å². The molecule has 0 heterocycles. The predicted octanol–water partition coefficient (Wildman–Crippen LogP) is 3.57. The van der Waals surface area contributed by atoms with Gasteiger partial charge < -0.3 is 24.8 Å². The first-order valence-corrected chi connectivity index (χ1v) is 9.38. The molecule has 0 saturated carbocycles. The van der Waals surface area contributed by atoms with Crippen molar-refractivity contribution >= 4 is 5.96 Å². The number of halogens is 2. The topological polar surface area (TPSA) is 64.1 Å². The number of para-hydroxylation sites is 1. The zero-order chi connectivity index (χ0) is 20.9. The first-order valence-electron chi connectivity index (χ1n) is 9.38. The molecule has 0 bridgehead atoms. The monoisotopic (exact) mass is 407 g/mol. The molecule has 2 N–H and O–H groups in total. The van der Waals surface area contributed by atoms with Crippen LogP contribution in [0.4, 0.5) is 8.78 Å². The number of methoxy groups -OCH3 is 1. The van der Waals surface area contributed by atoms with Crippen molar-refractivity contribution in [3.05, 3.63) is 59.7 Å². The van der Waals surface area contributed by atoms with Gasteiger partial charge in [-0.05, 0) is 30.7 Å². The molecule has 0 radical (unpaired) electrons. The third-order valence-electron chi connectivity index (χ3n) is 3.88. The number of benzene rings is 2. The van der Waals surface area contributed by atoms with E-state index in [1.165, 1.54) is 6.07 Å². The summed E-state index contributed by atoms with van der Waals surface area (Å²) in [5.74, 6) is 1.50. The molecule has 158 valence electrons. The van der Waals surface area contributed by atoms with E-state index < -0.39 is 6.61 Å². The fourth-order valence-corrected chi connectivity index (χ4v) is 2.49. The van der Waals surface area contributed by atoms with Gasteiger partial charge in [-0.15, -0.1) is 0 Å². The summed E-state index contributed by atoms with van der Waals surface area (Å²) in [4.78, 5) is 4.54. The van der Waals surface area contributed by atoms with Crippen LogP contribution in [0.1, 0.15) is 18.1 Å². The van der Waals surface area contributed by atoms with Crippen LogP contribution in [0.2, 0.25) is 0 Å². The minimum absolute atomic E-state index is 0.148. The maximum absolute atomic E-state index is 12.5. The molecule has 0 spiro atoms. The number of rotatable bonds is 11. The van der Waals surface area contributed by atoms with Gasteiger partial charge in [0.2, 0.25) is 0 Å².